The van der Waals surface area contributed by atoms with Crippen molar-refractivity contribution in [3.8, 4) is 5.75 Å². The maximum atomic E-state index is 13.1. The highest BCUT2D eigenvalue weighted by molar-refractivity contribution is 5.89. The number of anilines is 1. The van der Waals surface area contributed by atoms with Crippen LogP contribution in [0.1, 0.15) is 22.5 Å². The normalized spacial score (nSPS) is 13.6. The number of carbonyl (C=O) groups excluding carboxylic acids is 1. The average molecular weight is 416 g/mol. The van der Waals surface area contributed by atoms with Gasteiger partial charge in [0.15, 0.2) is 5.69 Å². The molecular weight excluding hydrogens is 397 g/mol. The van der Waals surface area contributed by atoms with Crippen molar-refractivity contribution in [1.82, 2.24) is 15.1 Å². The summed E-state index contributed by atoms with van der Waals surface area (Å²) in [7, 11) is 0. The Labute approximate surface area is 170 Å². The Morgan fingerprint density at radius 1 is 1.13 bits per heavy atom. The van der Waals surface area contributed by atoms with Crippen LogP contribution in [0.2, 0.25) is 0 Å². The highest BCUT2D eigenvalue weighted by Crippen LogP contribution is 2.34. The standard InChI is InChI=1S/C21H19F3N4O2/c22-21(23,24)19-17-12-28(11-10-18(17)26-27-19)20(29)25-15-8-6-14(7-9-15)13-30-16-4-2-1-3-5-16/h1-9H,10-13H2,(H,25,29)(H,26,27). The van der Waals surface area contributed by atoms with Crippen molar-refractivity contribution in [3.63, 3.8) is 0 Å². The predicted octanol–water partition coefficient (Wildman–Crippen LogP) is 4.60. The van der Waals surface area contributed by atoms with Gasteiger partial charge in [0.25, 0.3) is 0 Å². The van der Waals surface area contributed by atoms with Gasteiger partial charge in [-0.25, -0.2) is 4.79 Å². The van der Waals surface area contributed by atoms with Crippen LogP contribution in [0.4, 0.5) is 23.7 Å². The predicted molar refractivity (Wildman–Crippen MR) is 104 cm³/mol. The molecule has 1 aliphatic heterocycles. The summed E-state index contributed by atoms with van der Waals surface area (Å²) in [6, 6.07) is 16.1. The van der Waals surface area contributed by atoms with Gasteiger partial charge in [-0.1, -0.05) is 30.3 Å². The summed E-state index contributed by atoms with van der Waals surface area (Å²) in [5.41, 5.74) is 0.967. The number of carbonyl (C=O) groups is 1. The van der Waals surface area contributed by atoms with E-state index in [2.05, 4.69) is 15.5 Å². The Morgan fingerprint density at radius 2 is 1.87 bits per heavy atom. The van der Waals surface area contributed by atoms with Crippen LogP contribution in [-0.2, 0) is 25.7 Å². The molecule has 3 aromatic rings. The number of H-pyrrole nitrogens is 1. The number of hydrogen-bond acceptors (Lipinski definition) is 3. The van der Waals surface area contributed by atoms with Crippen LogP contribution in [0.3, 0.4) is 0 Å². The van der Waals surface area contributed by atoms with E-state index < -0.39 is 17.9 Å². The van der Waals surface area contributed by atoms with Crippen LogP contribution in [0.15, 0.2) is 54.6 Å². The molecule has 0 atom stereocenters. The lowest BCUT2D eigenvalue weighted by Crippen LogP contribution is -2.39. The van der Waals surface area contributed by atoms with Gasteiger partial charge in [-0.05, 0) is 29.8 Å². The number of nitrogens with zero attached hydrogens (tertiary/aromatic N) is 2. The molecule has 0 spiro atoms. The third-order valence-electron chi connectivity index (χ3n) is 4.84. The van der Waals surface area contributed by atoms with Crippen LogP contribution in [0.5, 0.6) is 5.75 Å². The minimum Gasteiger partial charge on any atom is -0.489 e. The first-order valence-corrected chi connectivity index (χ1v) is 9.36. The quantitative estimate of drug-likeness (QED) is 0.653. The second-order valence-corrected chi connectivity index (χ2v) is 6.93. The lowest BCUT2D eigenvalue weighted by atomic mass is 10.1. The molecule has 30 heavy (non-hydrogen) atoms. The first-order valence-electron chi connectivity index (χ1n) is 9.36. The molecule has 2 aromatic carbocycles. The first-order chi connectivity index (χ1) is 14.4. The zero-order chi connectivity index (χ0) is 21.1. The SMILES string of the molecule is O=C(Nc1ccc(COc2ccccc2)cc1)N1CCc2[nH]nc(C(F)(F)F)c2C1. The van der Waals surface area contributed by atoms with Crippen molar-refractivity contribution < 1.29 is 22.7 Å². The van der Waals surface area contributed by atoms with Gasteiger partial charge in [0.2, 0.25) is 0 Å². The minimum atomic E-state index is -4.55. The number of fused-ring (bicyclic) bond motifs is 1. The molecule has 0 unspecified atom stereocenters. The Kier molecular flexibility index (Phi) is 5.35. The van der Waals surface area contributed by atoms with Gasteiger partial charge < -0.3 is 15.0 Å². The molecule has 1 aliphatic rings. The Bertz CT molecular complexity index is 1020. The van der Waals surface area contributed by atoms with Crippen molar-refractivity contribution in [2.75, 3.05) is 11.9 Å². The third-order valence-corrected chi connectivity index (χ3v) is 4.84. The van der Waals surface area contributed by atoms with E-state index in [1.165, 1.54) is 4.90 Å². The Hall–Kier alpha value is -3.49. The van der Waals surface area contributed by atoms with Crippen molar-refractivity contribution in [2.24, 2.45) is 0 Å². The highest BCUT2D eigenvalue weighted by Gasteiger charge is 2.39. The molecule has 4 rings (SSSR count). The van der Waals surface area contributed by atoms with Crippen molar-refractivity contribution in [3.05, 3.63) is 77.1 Å². The molecule has 0 saturated heterocycles. The van der Waals surface area contributed by atoms with Gasteiger partial charge in [0.05, 0.1) is 6.54 Å². The van der Waals surface area contributed by atoms with Gasteiger partial charge >= 0.3 is 12.2 Å². The number of alkyl halides is 3. The molecule has 0 aliphatic carbocycles. The average Bonchev–Trinajstić information content (AvgIpc) is 3.18. The molecule has 2 N–H and O–H groups in total. The number of para-hydroxylation sites is 1. The van der Waals surface area contributed by atoms with Crippen LogP contribution in [0.25, 0.3) is 0 Å². The summed E-state index contributed by atoms with van der Waals surface area (Å²) in [5.74, 6) is 0.761. The van der Waals surface area contributed by atoms with Crippen molar-refractivity contribution >= 4 is 11.7 Å². The van der Waals surface area contributed by atoms with Gasteiger partial charge in [-0.3, -0.25) is 5.10 Å². The number of urea groups is 1. The number of halogens is 3. The fourth-order valence-electron chi connectivity index (χ4n) is 3.27. The van der Waals surface area contributed by atoms with Crippen LogP contribution < -0.4 is 10.1 Å². The van der Waals surface area contributed by atoms with Crippen LogP contribution in [-0.4, -0.2) is 27.7 Å². The minimum absolute atomic E-state index is 0.0253. The molecule has 0 radical (unpaired) electrons. The molecule has 0 fully saturated rings. The molecule has 6 nitrogen and oxygen atoms in total. The largest absolute Gasteiger partial charge is 0.489 e. The van der Waals surface area contributed by atoms with E-state index in [4.69, 9.17) is 4.74 Å². The maximum Gasteiger partial charge on any atom is 0.435 e. The number of amides is 2. The van der Waals surface area contributed by atoms with E-state index in [1.807, 2.05) is 42.5 Å². The maximum absolute atomic E-state index is 13.1. The summed E-state index contributed by atoms with van der Waals surface area (Å²) in [6.45, 7) is 0.546. The second-order valence-electron chi connectivity index (χ2n) is 6.93. The molecule has 0 saturated carbocycles. The van der Waals surface area contributed by atoms with E-state index in [9.17, 15) is 18.0 Å². The summed E-state index contributed by atoms with van der Waals surface area (Å²) in [4.78, 5) is 13.9. The number of ether oxygens (including phenoxy) is 1. The molecule has 1 aromatic heterocycles. The van der Waals surface area contributed by atoms with E-state index in [0.717, 1.165) is 11.3 Å². The zero-order valence-corrected chi connectivity index (χ0v) is 15.9. The summed E-state index contributed by atoms with van der Waals surface area (Å²) >= 11 is 0. The number of aromatic amines is 1. The van der Waals surface area contributed by atoms with Gasteiger partial charge in [-0.15, -0.1) is 0 Å². The molecule has 2 amide bonds. The van der Waals surface area contributed by atoms with Crippen molar-refractivity contribution in [1.29, 1.82) is 0 Å². The molecular formula is C21H19F3N4O2. The topological polar surface area (TPSA) is 70.2 Å². The number of benzene rings is 2. The van der Waals surface area contributed by atoms with Gasteiger partial charge in [-0.2, -0.15) is 18.3 Å². The number of aromatic nitrogens is 2. The monoisotopic (exact) mass is 416 g/mol. The Morgan fingerprint density at radius 3 is 2.57 bits per heavy atom. The van der Waals surface area contributed by atoms with E-state index in [1.54, 1.807) is 12.1 Å². The van der Waals surface area contributed by atoms with E-state index in [-0.39, 0.29) is 12.1 Å². The molecule has 0 bridgehead atoms. The zero-order valence-electron chi connectivity index (χ0n) is 15.9. The molecule has 2 heterocycles. The first kappa shape index (κ1) is 19.8. The molecule has 9 heteroatoms. The molecule has 156 valence electrons. The van der Waals surface area contributed by atoms with E-state index in [0.29, 0.717) is 31.0 Å². The lowest BCUT2D eigenvalue weighted by Gasteiger charge is -2.27. The van der Waals surface area contributed by atoms with Gasteiger partial charge in [0, 0.05) is 29.9 Å². The number of nitrogens with one attached hydrogen (secondary N) is 2. The summed E-state index contributed by atoms with van der Waals surface area (Å²) in [5, 5.41) is 8.54. The second kappa shape index (κ2) is 8.10. The number of hydrogen-bond donors (Lipinski definition) is 2. The van der Waals surface area contributed by atoms with Crippen LogP contribution in [0, 0.1) is 0 Å². The third kappa shape index (κ3) is 4.40. The van der Waals surface area contributed by atoms with E-state index >= 15 is 0 Å². The van der Waals surface area contributed by atoms with Crippen LogP contribution >= 0.6 is 0 Å². The highest BCUT2D eigenvalue weighted by atomic mass is 19.4. The smallest absolute Gasteiger partial charge is 0.435 e. The van der Waals surface area contributed by atoms with Gasteiger partial charge in [0.1, 0.15) is 12.4 Å². The Balaban J connectivity index is 1.36. The fourth-order valence-corrected chi connectivity index (χ4v) is 3.27. The van der Waals surface area contributed by atoms with Crippen molar-refractivity contribution in [2.45, 2.75) is 25.7 Å². The fraction of sp³-hybridized carbons (Fsp3) is 0.238. The lowest BCUT2D eigenvalue weighted by molar-refractivity contribution is -0.142. The number of rotatable bonds is 4. The summed E-state index contributed by atoms with van der Waals surface area (Å²) in [6.07, 6.45) is -4.26. The summed E-state index contributed by atoms with van der Waals surface area (Å²) < 4.78 is 44.9.